The second-order valence-corrected chi connectivity index (χ2v) is 7.19. The molecule has 0 saturated carbocycles. The van der Waals surface area contributed by atoms with Gasteiger partial charge in [-0.25, -0.2) is 0 Å². The van der Waals surface area contributed by atoms with E-state index in [1.807, 2.05) is 32.0 Å². The summed E-state index contributed by atoms with van der Waals surface area (Å²) >= 11 is 6.24. The van der Waals surface area contributed by atoms with E-state index in [4.69, 9.17) is 16.3 Å². The van der Waals surface area contributed by atoms with Crippen LogP contribution in [0.3, 0.4) is 0 Å². The van der Waals surface area contributed by atoms with Gasteiger partial charge < -0.3 is 9.47 Å². The zero-order valence-electron chi connectivity index (χ0n) is 17.2. The highest BCUT2D eigenvalue weighted by molar-refractivity contribution is 6.31. The minimum absolute atomic E-state index is 0.000388. The standard InChI is InChI=1S/C23H21ClF2N2O3/c1-14-22(24)15(2)28(27-14)13-18-12-16(5-11-21(18)30-3)4-10-20(29)17-6-8-19(9-7-17)31-23(25)26/h4-12,23H,13H2,1-3H3/b10-4+. The highest BCUT2D eigenvalue weighted by Gasteiger charge is 2.12. The van der Waals surface area contributed by atoms with Crippen molar-refractivity contribution in [3.05, 3.63) is 81.6 Å². The first-order valence-corrected chi connectivity index (χ1v) is 9.80. The summed E-state index contributed by atoms with van der Waals surface area (Å²) in [5, 5.41) is 5.08. The molecule has 5 nitrogen and oxygen atoms in total. The minimum Gasteiger partial charge on any atom is -0.496 e. The number of halogens is 3. The van der Waals surface area contributed by atoms with E-state index >= 15 is 0 Å². The number of rotatable bonds is 8. The topological polar surface area (TPSA) is 53.4 Å². The molecule has 3 aromatic rings. The summed E-state index contributed by atoms with van der Waals surface area (Å²) in [5.74, 6) is 0.438. The number of carbonyl (C=O) groups is 1. The summed E-state index contributed by atoms with van der Waals surface area (Å²) in [5.41, 5.74) is 3.66. The zero-order chi connectivity index (χ0) is 22.5. The fourth-order valence-corrected chi connectivity index (χ4v) is 3.22. The van der Waals surface area contributed by atoms with E-state index in [2.05, 4.69) is 9.84 Å². The number of ketones is 1. The first-order valence-electron chi connectivity index (χ1n) is 9.42. The van der Waals surface area contributed by atoms with E-state index in [1.165, 1.54) is 30.3 Å². The number of carbonyl (C=O) groups excluding carboxylic acids is 1. The van der Waals surface area contributed by atoms with Crippen molar-refractivity contribution in [3.63, 3.8) is 0 Å². The summed E-state index contributed by atoms with van der Waals surface area (Å²) in [4.78, 5) is 12.4. The molecule has 0 atom stereocenters. The van der Waals surface area contributed by atoms with Crippen LogP contribution in [0, 0.1) is 13.8 Å². The van der Waals surface area contributed by atoms with Gasteiger partial charge in [0.05, 0.1) is 30.1 Å². The van der Waals surface area contributed by atoms with E-state index in [0.717, 1.165) is 22.5 Å². The highest BCUT2D eigenvalue weighted by Crippen LogP contribution is 2.25. The largest absolute Gasteiger partial charge is 0.496 e. The summed E-state index contributed by atoms with van der Waals surface area (Å²) in [6.45, 7) is 1.30. The molecule has 3 rings (SSSR count). The van der Waals surface area contributed by atoms with Crippen LogP contribution in [0.15, 0.2) is 48.5 Å². The molecular weight excluding hydrogens is 426 g/mol. The van der Waals surface area contributed by atoms with Gasteiger partial charge in [0.15, 0.2) is 5.78 Å². The van der Waals surface area contributed by atoms with Crippen LogP contribution in [-0.4, -0.2) is 29.3 Å². The lowest BCUT2D eigenvalue weighted by Gasteiger charge is -2.11. The van der Waals surface area contributed by atoms with Crippen LogP contribution in [0.2, 0.25) is 5.02 Å². The number of hydrogen-bond donors (Lipinski definition) is 0. The maximum atomic E-state index is 12.4. The van der Waals surface area contributed by atoms with E-state index in [-0.39, 0.29) is 11.5 Å². The molecule has 31 heavy (non-hydrogen) atoms. The number of benzene rings is 2. The first kappa shape index (κ1) is 22.5. The van der Waals surface area contributed by atoms with Crippen LogP contribution in [0.5, 0.6) is 11.5 Å². The van der Waals surface area contributed by atoms with Gasteiger partial charge in [-0.2, -0.15) is 13.9 Å². The molecular formula is C23H21ClF2N2O3. The van der Waals surface area contributed by atoms with Crippen molar-refractivity contribution < 1.29 is 23.0 Å². The molecule has 0 spiro atoms. The van der Waals surface area contributed by atoms with Gasteiger partial charge in [-0.1, -0.05) is 23.7 Å². The highest BCUT2D eigenvalue weighted by atomic mass is 35.5. The Balaban J connectivity index is 1.78. The van der Waals surface area contributed by atoms with Crippen molar-refractivity contribution in [1.82, 2.24) is 9.78 Å². The Hall–Kier alpha value is -3.19. The van der Waals surface area contributed by atoms with E-state index in [0.29, 0.717) is 22.9 Å². The first-order chi connectivity index (χ1) is 14.8. The van der Waals surface area contributed by atoms with E-state index < -0.39 is 6.61 Å². The van der Waals surface area contributed by atoms with Gasteiger partial charge in [-0.3, -0.25) is 9.48 Å². The molecule has 0 aliphatic rings. The van der Waals surface area contributed by atoms with Crippen LogP contribution in [0.1, 0.15) is 32.9 Å². The normalized spacial score (nSPS) is 11.3. The molecule has 0 bridgehead atoms. The predicted molar refractivity (Wildman–Crippen MR) is 115 cm³/mol. The van der Waals surface area contributed by atoms with Crippen molar-refractivity contribution >= 4 is 23.5 Å². The Bertz CT molecular complexity index is 1110. The second-order valence-electron chi connectivity index (χ2n) is 6.81. The SMILES string of the molecule is COc1ccc(/C=C/C(=O)c2ccc(OC(F)F)cc2)cc1Cn1nc(C)c(Cl)c1C. The predicted octanol–water partition coefficient (Wildman–Crippen LogP) is 5.71. The quantitative estimate of drug-likeness (QED) is 0.328. The molecule has 0 amide bonds. The number of alkyl halides is 2. The molecule has 0 radical (unpaired) electrons. The molecule has 0 fully saturated rings. The zero-order valence-corrected chi connectivity index (χ0v) is 18.0. The number of methoxy groups -OCH3 is 1. The summed E-state index contributed by atoms with van der Waals surface area (Å²) in [6.07, 6.45) is 3.11. The number of aryl methyl sites for hydroxylation is 1. The second kappa shape index (κ2) is 9.75. The van der Waals surface area contributed by atoms with Crippen LogP contribution < -0.4 is 9.47 Å². The Kier molecular flexibility index (Phi) is 7.07. The van der Waals surface area contributed by atoms with Crippen LogP contribution in [-0.2, 0) is 6.54 Å². The van der Waals surface area contributed by atoms with Gasteiger partial charge >= 0.3 is 6.61 Å². The summed E-state index contributed by atoms with van der Waals surface area (Å²) < 4.78 is 36.0. The molecule has 0 N–H and O–H groups in total. The molecule has 0 aliphatic carbocycles. The van der Waals surface area contributed by atoms with Crippen LogP contribution in [0.25, 0.3) is 6.08 Å². The summed E-state index contributed by atoms with van der Waals surface area (Å²) in [7, 11) is 1.59. The van der Waals surface area contributed by atoms with Crippen molar-refractivity contribution in [2.45, 2.75) is 27.0 Å². The van der Waals surface area contributed by atoms with Crippen LogP contribution in [0.4, 0.5) is 8.78 Å². The lowest BCUT2D eigenvalue weighted by molar-refractivity contribution is -0.0498. The molecule has 1 aromatic heterocycles. The minimum atomic E-state index is -2.91. The van der Waals surface area contributed by atoms with Crippen LogP contribution >= 0.6 is 11.6 Å². The Morgan fingerprint density at radius 1 is 1.19 bits per heavy atom. The average Bonchev–Trinajstić information content (AvgIpc) is 2.99. The number of nitrogens with zero attached hydrogens (tertiary/aromatic N) is 2. The lowest BCUT2D eigenvalue weighted by Crippen LogP contribution is -2.06. The van der Waals surface area contributed by atoms with Gasteiger partial charge in [0, 0.05) is 11.1 Å². The molecule has 8 heteroatoms. The fraction of sp³-hybridized carbons (Fsp3) is 0.217. The Morgan fingerprint density at radius 3 is 2.48 bits per heavy atom. The third-order valence-electron chi connectivity index (χ3n) is 4.71. The third-order valence-corrected chi connectivity index (χ3v) is 5.26. The van der Waals surface area contributed by atoms with Gasteiger partial charge in [0.25, 0.3) is 0 Å². The third kappa shape index (κ3) is 5.49. The molecule has 162 valence electrons. The maximum absolute atomic E-state index is 12.4. The smallest absolute Gasteiger partial charge is 0.387 e. The van der Waals surface area contributed by atoms with Gasteiger partial charge in [0.1, 0.15) is 11.5 Å². The molecule has 0 unspecified atom stereocenters. The molecule has 0 aliphatic heterocycles. The lowest BCUT2D eigenvalue weighted by atomic mass is 10.1. The van der Waals surface area contributed by atoms with Crippen molar-refractivity contribution in [2.24, 2.45) is 0 Å². The molecule has 0 saturated heterocycles. The fourth-order valence-electron chi connectivity index (χ4n) is 3.08. The Morgan fingerprint density at radius 2 is 1.90 bits per heavy atom. The Labute approximate surface area is 183 Å². The number of ether oxygens (including phenoxy) is 2. The molecule has 1 heterocycles. The average molecular weight is 447 g/mol. The molecule has 2 aromatic carbocycles. The van der Waals surface area contributed by atoms with Crippen molar-refractivity contribution in [2.75, 3.05) is 7.11 Å². The maximum Gasteiger partial charge on any atom is 0.387 e. The van der Waals surface area contributed by atoms with Crippen molar-refractivity contribution in [3.8, 4) is 11.5 Å². The van der Waals surface area contributed by atoms with Gasteiger partial charge in [0.2, 0.25) is 0 Å². The number of aromatic nitrogens is 2. The monoisotopic (exact) mass is 446 g/mol. The number of allylic oxidation sites excluding steroid dienone is 1. The van der Waals surface area contributed by atoms with E-state index in [1.54, 1.807) is 17.9 Å². The van der Waals surface area contributed by atoms with E-state index in [9.17, 15) is 13.6 Å². The number of hydrogen-bond acceptors (Lipinski definition) is 4. The summed E-state index contributed by atoms with van der Waals surface area (Å²) in [6, 6.07) is 11.1. The van der Waals surface area contributed by atoms with Crippen molar-refractivity contribution in [1.29, 1.82) is 0 Å². The van der Waals surface area contributed by atoms with Gasteiger partial charge in [-0.15, -0.1) is 0 Å². The van der Waals surface area contributed by atoms with Gasteiger partial charge in [-0.05, 0) is 61.9 Å².